The van der Waals surface area contributed by atoms with Gasteiger partial charge in [-0.15, -0.1) is 0 Å². The lowest BCUT2D eigenvalue weighted by molar-refractivity contribution is 0.477. The fourth-order valence-corrected chi connectivity index (χ4v) is 3.67. The summed E-state index contributed by atoms with van der Waals surface area (Å²) in [6.45, 7) is 6.39. The first-order valence-corrected chi connectivity index (χ1v) is 8.28. The SMILES string of the molecule is Cc1ccc2c(c1)c(C)c(-c1ccccc1O)c1cc(C)ccc12. The number of fused-ring (bicyclic) bond motifs is 3. The average Bonchev–Trinajstić information content (AvgIpc) is 2.56. The van der Waals surface area contributed by atoms with Crippen molar-refractivity contribution < 1.29 is 5.11 Å². The van der Waals surface area contributed by atoms with Crippen LogP contribution < -0.4 is 0 Å². The van der Waals surface area contributed by atoms with Crippen LogP contribution in [0.3, 0.4) is 0 Å². The van der Waals surface area contributed by atoms with E-state index in [2.05, 4.69) is 57.2 Å². The van der Waals surface area contributed by atoms with Crippen LogP contribution in [0.5, 0.6) is 5.75 Å². The second kappa shape index (κ2) is 5.38. The van der Waals surface area contributed by atoms with E-state index < -0.39 is 0 Å². The molecule has 24 heavy (non-hydrogen) atoms. The van der Waals surface area contributed by atoms with Crippen LogP contribution in [0.4, 0.5) is 0 Å². The van der Waals surface area contributed by atoms with E-state index in [4.69, 9.17) is 0 Å². The Labute approximate surface area is 142 Å². The Bertz CT molecular complexity index is 1090. The van der Waals surface area contributed by atoms with Crippen LogP contribution in [-0.2, 0) is 0 Å². The summed E-state index contributed by atoms with van der Waals surface area (Å²) in [5, 5.41) is 15.4. The van der Waals surface area contributed by atoms with E-state index in [1.807, 2.05) is 18.2 Å². The fourth-order valence-electron chi connectivity index (χ4n) is 3.67. The summed E-state index contributed by atoms with van der Waals surface area (Å²) in [4.78, 5) is 0. The summed E-state index contributed by atoms with van der Waals surface area (Å²) in [5.74, 6) is 0.329. The Morgan fingerprint density at radius 1 is 0.625 bits per heavy atom. The largest absolute Gasteiger partial charge is 0.507 e. The number of benzene rings is 4. The summed E-state index contributed by atoms with van der Waals surface area (Å²) in [6, 6.07) is 20.8. The van der Waals surface area contributed by atoms with Crippen LogP contribution in [-0.4, -0.2) is 5.11 Å². The number of aromatic hydroxyl groups is 1. The lowest BCUT2D eigenvalue weighted by Crippen LogP contribution is -1.92. The minimum Gasteiger partial charge on any atom is -0.507 e. The van der Waals surface area contributed by atoms with Crippen molar-refractivity contribution >= 4 is 21.5 Å². The van der Waals surface area contributed by atoms with E-state index in [0.29, 0.717) is 5.75 Å². The molecule has 4 aromatic carbocycles. The van der Waals surface area contributed by atoms with Crippen molar-refractivity contribution in [2.24, 2.45) is 0 Å². The van der Waals surface area contributed by atoms with Crippen molar-refractivity contribution in [3.05, 3.63) is 77.4 Å². The number of phenols is 1. The minimum absolute atomic E-state index is 0.329. The number of para-hydroxylation sites is 1. The molecule has 0 saturated carbocycles. The Morgan fingerprint density at radius 2 is 1.21 bits per heavy atom. The predicted octanol–water partition coefficient (Wildman–Crippen LogP) is 6.29. The third-order valence-corrected chi connectivity index (χ3v) is 4.86. The maximum absolute atomic E-state index is 10.4. The summed E-state index contributed by atoms with van der Waals surface area (Å²) < 4.78 is 0. The van der Waals surface area contributed by atoms with Crippen molar-refractivity contribution in [2.45, 2.75) is 20.8 Å². The molecule has 1 heteroatoms. The highest BCUT2D eigenvalue weighted by atomic mass is 16.3. The minimum atomic E-state index is 0.329. The highest BCUT2D eigenvalue weighted by Crippen LogP contribution is 2.42. The third-order valence-electron chi connectivity index (χ3n) is 4.86. The molecule has 0 aromatic heterocycles. The third kappa shape index (κ3) is 2.16. The first kappa shape index (κ1) is 14.8. The molecule has 118 valence electrons. The van der Waals surface area contributed by atoms with Gasteiger partial charge in [0.05, 0.1) is 0 Å². The number of hydrogen-bond donors (Lipinski definition) is 1. The van der Waals surface area contributed by atoms with Gasteiger partial charge in [-0.3, -0.25) is 0 Å². The second-order valence-electron chi connectivity index (χ2n) is 6.62. The van der Waals surface area contributed by atoms with Gasteiger partial charge in [0, 0.05) is 5.56 Å². The van der Waals surface area contributed by atoms with Crippen molar-refractivity contribution in [3.8, 4) is 16.9 Å². The highest BCUT2D eigenvalue weighted by molar-refractivity contribution is 6.16. The van der Waals surface area contributed by atoms with E-state index in [0.717, 1.165) is 11.1 Å². The number of phenolic OH excluding ortho intramolecular Hbond substituents is 1. The van der Waals surface area contributed by atoms with Gasteiger partial charge in [-0.25, -0.2) is 0 Å². The summed E-state index contributed by atoms with van der Waals surface area (Å²) in [6.07, 6.45) is 0. The molecule has 0 aliphatic rings. The Balaban J connectivity index is 2.27. The lowest BCUT2D eigenvalue weighted by Gasteiger charge is -2.17. The smallest absolute Gasteiger partial charge is 0.123 e. The molecular formula is C23H20O. The zero-order chi connectivity index (χ0) is 16.8. The first-order chi connectivity index (χ1) is 11.6. The van der Waals surface area contributed by atoms with Crippen molar-refractivity contribution in [1.29, 1.82) is 0 Å². The van der Waals surface area contributed by atoms with Gasteiger partial charge in [0.2, 0.25) is 0 Å². The maximum Gasteiger partial charge on any atom is 0.123 e. The second-order valence-corrected chi connectivity index (χ2v) is 6.62. The van der Waals surface area contributed by atoms with E-state index in [-0.39, 0.29) is 0 Å². The van der Waals surface area contributed by atoms with E-state index in [9.17, 15) is 5.11 Å². The van der Waals surface area contributed by atoms with Crippen LogP contribution >= 0.6 is 0 Å². The normalized spacial score (nSPS) is 11.3. The van der Waals surface area contributed by atoms with Gasteiger partial charge in [-0.2, -0.15) is 0 Å². The fraction of sp³-hybridized carbons (Fsp3) is 0.130. The Morgan fingerprint density at radius 3 is 1.88 bits per heavy atom. The molecule has 0 heterocycles. The van der Waals surface area contributed by atoms with Crippen LogP contribution in [0.25, 0.3) is 32.7 Å². The molecule has 1 N–H and O–H groups in total. The molecule has 0 fully saturated rings. The van der Waals surface area contributed by atoms with Gasteiger partial charge in [0.25, 0.3) is 0 Å². The van der Waals surface area contributed by atoms with Crippen LogP contribution in [0.15, 0.2) is 60.7 Å². The molecule has 0 aliphatic heterocycles. The van der Waals surface area contributed by atoms with Gasteiger partial charge >= 0.3 is 0 Å². The molecule has 4 rings (SSSR count). The van der Waals surface area contributed by atoms with Gasteiger partial charge in [-0.05, 0) is 59.5 Å². The van der Waals surface area contributed by atoms with E-state index in [1.54, 1.807) is 6.07 Å². The van der Waals surface area contributed by atoms with Crippen LogP contribution in [0, 0.1) is 20.8 Å². The molecule has 0 bridgehead atoms. The van der Waals surface area contributed by atoms with E-state index >= 15 is 0 Å². The van der Waals surface area contributed by atoms with Crippen molar-refractivity contribution in [3.63, 3.8) is 0 Å². The van der Waals surface area contributed by atoms with Gasteiger partial charge < -0.3 is 5.11 Å². The highest BCUT2D eigenvalue weighted by Gasteiger charge is 2.15. The predicted molar refractivity (Wildman–Crippen MR) is 103 cm³/mol. The van der Waals surface area contributed by atoms with Gasteiger partial charge in [0.1, 0.15) is 5.75 Å². The average molecular weight is 312 g/mol. The monoisotopic (exact) mass is 312 g/mol. The number of hydrogen-bond acceptors (Lipinski definition) is 1. The maximum atomic E-state index is 10.4. The Kier molecular flexibility index (Phi) is 3.31. The first-order valence-electron chi connectivity index (χ1n) is 8.28. The summed E-state index contributed by atoms with van der Waals surface area (Å²) in [7, 11) is 0. The molecule has 0 amide bonds. The van der Waals surface area contributed by atoms with Crippen molar-refractivity contribution in [2.75, 3.05) is 0 Å². The number of rotatable bonds is 1. The summed E-state index contributed by atoms with van der Waals surface area (Å²) in [5.41, 5.74) is 5.72. The number of aryl methyl sites for hydroxylation is 3. The molecule has 1 nitrogen and oxygen atoms in total. The van der Waals surface area contributed by atoms with Crippen LogP contribution in [0.2, 0.25) is 0 Å². The molecule has 0 aliphatic carbocycles. The van der Waals surface area contributed by atoms with Gasteiger partial charge in [-0.1, -0.05) is 65.7 Å². The molecule has 0 unspecified atom stereocenters. The quantitative estimate of drug-likeness (QED) is 0.409. The standard InChI is InChI=1S/C23H20O/c1-14-8-10-17-18-11-9-15(2)13-21(18)23(16(3)20(17)12-14)19-6-4-5-7-22(19)24/h4-13,24H,1-3H3. The molecule has 0 radical (unpaired) electrons. The molecule has 4 aromatic rings. The van der Waals surface area contributed by atoms with Gasteiger partial charge in [0.15, 0.2) is 0 Å². The molecule has 0 atom stereocenters. The lowest BCUT2D eigenvalue weighted by atomic mass is 9.87. The molecular weight excluding hydrogens is 292 g/mol. The summed E-state index contributed by atoms with van der Waals surface area (Å²) >= 11 is 0. The zero-order valence-corrected chi connectivity index (χ0v) is 14.2. The zero-order valence-electron chi connectivity index (χ0n) is 14.2. The van der Waals surface area contributed by atoms with Crippen molar-refractivity contribution in [1.82, 2.24) is 0 Å². The van der Waals surface area contributed by atoms with Crippen LogP contribution in [0.1, 0.15) is 16.7 Å². The molecule has 0 saturated heterocycles. The van der Waals surface area contributed by atoms with E-state index in [1.165, 1.54) is 38.2 Å². The Hall–Kier alpha value is -2.80. The molecule has 0 spiro atoms. The topological polar surface area (TPSA) is 20.2 Å².